The van der Waals surface area contributed by atoms with Gasteiger partial charge in [-0.25, -0.2) is 0 Å². The van der Waals surface area contributed by atoms with E-state index in [9.17, 15) is 0 Å². The number of nitrogens with one attached hydrogen (secondary N) is 1. The first-order valence-corrected chi connectivity index (χ1v) is 8.33. The van der Waals surface area contributed by atoms with E-state index in [2.05, 4.69) is 40.0 Å². The Labute approximate surface area is 139 Å². The van der Waals surface area contributed by atoms with Crippen molar-refractivity contribution in [2.75, 3.05) is 39.3 Å². The van der Waals surface area contributed by atoms with Crippen LogP contribution in [-0.2, 0) is 0 Å². The van der Waals surface area contributed by atoms with Crippen LogP contribution in [0.15, 0.2) is 16.6 Å². The summed E-state index contributed by atoms with van der Waals surface area (Å²) in [5, 5.41) is 4.50. The van der Waals surface area contributed by atoms with Gasteiger partial charge in [0.05, 0.1) is 10.0 Å². The van der Waals surface area contributed by atoms with Gasteiger partial charge in [-0.3, -0.25) is 0 Å². The minimum atomic E-state index is 0.560. The van der Waals surface area contributed by atoms with Gasteiger partial charge in [0.1, 0.15) is 12.4 Å². The summed E-state index contributed by atoms with van der Waals surface area (Å²) >= 11 is 15.4. The van der Waals surface area contributed by atoms with Crippen molar-refractivity contribution in [3.8, 4) is 5.75 Å². The van der Waals surface area contributed by atoms with Crippen molar-refractivity contribution >= 4 is 39.1 Å². The fourth-order valence-corrected chi connectivity index (χ4v) is 2.60. The Hall–Kier alpha value is -0.0000000000000000555. The van der Waals surface area contributed by atoms with Gasteiger partial charge in [0.25, 0.3) is 0 Å². The molecular weight excluding hydrogens is 363 g/mol. The highest BCUT2D eigenvalue weighted by Crippen LogP contribution is 2.33. The third-order valence-electron chi connectivity index (χ3n) is 3.01. The largest absolute Gasteiger partial charge is 0.491 e. The van der Waals surface area contributed by atoms with Crippen LogP contribution in [0.3, 0.4) is 0 Å². The summed E-state index contributed by atoms with van der Waals surface area (Å²) in [4.78, 5) is 2.37. The molecule has 1 rings (SSSR count). The van der Waals surface area contributed by atoms with Crippen LogP contribution in [0.25, 0.3) is 0 Å². The molecule has 114 valence electrons. The Kier molecular flexibility index (Phi) is 8.89. The van der Waals surface area contributed by atoms with Gasteiger partial charge in [0.2, 0.25) is 0 Å². The molecule has 1 aromatic carbocycles. The molecule has 0 saturated heterocycles. The second kappa shape index (κ2) is 9.85. The van der Waals surface area contributed by atoms with Gasteiger partial charge in [-0.2, -0.15) is 0 Å². The SMILES string of the molecule is CCN(CC)CCNCCOc1cc(Cl)c(Br)cc1Cl. The van der Waals surface area contributed by atoms with Crippen LogP contribution in [0.2, 0.25) is 10.0 Å². The normalized spacial score (nSPS) is 11.1. The molecule has 0 saturated carbocycles. The molecule has 0 aromatic heterocycles. The van der Waals surface area contributed by atoms with Crippen molar-refractivity contribution in [3.05, 3.63) is 26.7 Å². The van der Waals surface area contributed by atoms with E-state index in [4.69, 9.17) is 27.9 Å². The molecule has 0 fully saturated rings. The summed E-state index contributed by atoms with van der Waals surface area (Å²) in [6.07, 6.45) is 0. The minimum Gasteiger partial charge on any atom is -0.491 e. The molecule has 0 aliphatic carbocycles. The summed E-state index contributed by atoms with van der Waals surface area (Å²) < 4.78 is 6.39. The molecule has 1 aromatic rings. The van der Waals surface area contributed by atoms with Crippen LogP contribution in [0.5, 0.6) is 5.75 Å². The Morgan fingerprint density at radius 1 is 1.15 bits per heavy atom. The second-order valence-corrected chi connectivity index (χ2v) is 5.99. The van der Waals surface area contributed by atoms with Crippen molar-refractivity contribution < 1.29 is 4.74 Å². The first-order chi connectivity index (χ1) is 9.58. The standard InChI is InChI=1S/C14H21BrCl2N2O/c1-3-19(4-2)7-5-18-6-8-20-14-10-12(16)11(15)9-13(14)17/h9-10,18H,3-8H2,1-2H3. The van der Waals surface area contributed by atoms with Crippen molar-refractivity contribution in [3.63, 3.8) is 0 Å². The quantitative estimate of drug-likeness (QED) is 0.513. The van der Waals surface area contributed by atoms with Crippen molar-refractivity contribution in [1.82, 2.24) is 10.2 Å². The lowest BCUT2D eigenvalue weighted by molar-refractivity contribution is 0.285. The third kappa shape index (κ3) is 6.19. The van der Waals surface area contributed by atoms with Crippen LogP contribution >= 0.6 is 39.1 Å². The van der Waals surface area contributed by atoms with E-state index in [1.807, 2.05) is 0 Å². The maximum absolute atomic E-state index is 6.08. The highest BCUT2D eigenvalue weighted by atomic mass is 79.9. The summed E-state index contributed by atoms with van der Waals surface area (Å²) in [6, 6.07) is 3.47. The summed E-state index contributed by atoms with van der Waals surface area (Å²) in [5.41, 5.74) is 0. The number of ether oxygens (including phenoxy) is 1. The Morgan fingerprint density at radius 2 is 1.85 bits per heavy atom. The molecular formula is C14H21BrCl2N2O. The average Bonchev–Trinajstić information content (AvgIpc) is 2.43. The van der Waals surface area contributed by atoms with Crippen molar-refractivity contribution in [2.45, 2.75) is 13.8 Å². The van der Waals surface area contributed by atoms with E-state index in [-0.39, 0.29) is 0 Å². The molecule has 6 heteroatoms. The Morgan fingerprint density at radius 3 is 2.50 bits per heavy atom. The van der Waals surface area contributed by atoms with Gasteiger partial charge in [-0.1, -0.05) is 37.0 Å². The molecule has 0 radical (unpaired) electrons. The molecule has 0 bridgehead atoms. The number of rotatable bonds is 9. The van der Waals surface area contributed by atoms with E-state index in [1.54, 1.807) is 12.1 Å². The highest BCUT2D eigenvalue weighted by Gasteiger charge is 2.06. The first-order valence-electron chi connectivity index (χ1n) is 6.78. The maximum Gasteiger partial charge on any atom is 0.139 e. The lowest BCUT2D eigenvalue weighted by Crippen LogP contribution is -2.33. The average molecular weight is 384 g/mol. The van der Waals surface area contributed by atoms with Crippen molar-refractivity contribution in [1.29, 1.82) is 0 Å². The smallest absolute Gasteiger partial charge is 0.139 e. The molecule has 0 unspecified atom stereocenters. The summed E-state index contributed by atoms with van der Waals surface area (Å²) in [7, 11) is 0. The van der Waals surface area contributed by atoms with Gasteiger partial charge in [0, 0.05) is 30.2 Å². The van der Waals surface area contributed by atoms with Crippen LogP contribution < -0.4 is 10.1 Å². The molecule has 0 spiro atoms. The topological polar surface area (TPSA) is 24.5 Å². The third-order valence-corrected chi connectivity index (χ3v) is 4.50. The number of halogens is 3. The van der Waals surface area contributed by atoms with E-state index < -0.39 is 0 Å². The summed E-state index contributed by atoms with van der Waals surface area (Å²) in [6.45, 7) is 9.88. The van der Waals surface area contributed by atoms with E-state index in [0.717, 1.165) is 37.2 Å². The lowest BCUT2D eigenvalue weighted by atomic mass is 10.3. The summed E-state index contributed by atoms with van der Waals surface area (Å²) in [5.74, 6) is 0.616. The number of benzene rings is 1. The highest BCUT2D eigenvalue weighted by molar-refractivity contribution is 9.10. The van der Waals surface area contributed by atoms with Gasteiger partial charge in [-0.15, -0.1) is 0 Å². The van der Waals surface area contributed by atoms with E-state index in [1.165, 1.54) is 0 Å². The minimum absolute atomic E-state index is 0.560. The first kappa shape index (κ1) is 18.1. The Balaban J connectivity index is 2.23. The monoisotopic (exact) mass is 382 g/mol. The predicted octanol–water partition coefficient (Wildman–Crippen LogP) is 4.07. The fourth-order valence-electron chi connectivity index (χ4n) is 1.75. The number of hydrogen-bond acceptors (Lipinski definition) is 3. The van der Waals surface area contributed by atoms with Crippen molar-refractivity contribution in [2.24, 2.45) is 0 Å². The van der Waals surface area contributed by atoms with Crippen LogP contribution in [0.4, 0.5) is 0 Å². The molecule has 20 heavy (non-hydrogen) atoms. The molecule has 1 N–H and O–H groups in total. The molecule has 0 amide bonds. The molecule has 0 aliphatic rings. The van der Waals surface area contributed by atoms with Crippen LogP contribution in [0, 0.1) is 0 Å². The van der Waals surface area contributed by atoms with Gasteiger partial charge < -0.3 is 15.0 Å². The number of likely N-dealkylation sites (N-methyl/N-ethyl adjacent to an activating group) is 1. The lowest BCUT2D eigenvalue weighted by Gasteiger charge is -2.18. The van der Waals surface area contributed by atoms with Gasteiger partial charge in [0.15, 0.2) is 0 Å². The maximum atomic E-state index is 6.08. The zero-order valence-corrected chi connectivity index (χ0v) is 15.0. The molecule has 0 aliphatic heterocycles. The zero-order valence-electron chi connectivity index (χ0n) is 11.9. The predicted molar refractivity (Wildman–Crippen MR) is 90.3 cm³/mol. The molecule has 0 heterocycles. The van der Waals surface area contributed by atoms with E-state index in [0.29, 0.717) is 22.4 Å². The fraction of sp³-hybridized carbons (Fsp3) is 0.571. The van der Waals surface area contributed by atoms with Gasteiger partial charge >= 0.3 is 0 Å². The molecule has 3 nitrogen and oxygen atoms in total. The number of nitrogens with zero attached hydrogens (tertiary/aromatic N) is 1. The van der Waals surface area contributed by atoms with Crippen LogP contribution in [-0.4, -0.2) is 44.2 Å². The van der Waals surface area contributed by atoms with E-state index >= 15 is 0 Å². The second-order valence-electron chi connectivity index (χ2n) is 4.32. The van der Waals surface area contributed by atoms with Crippen LogP contribution in [0.1, 0.15) is 13.8 Å². The Bertz CT molecular complexity index is 414. The molecule has 0 atom stereocenters. The number of hydrogen-bond donors (Lipinski definition) is 1. The van der Waals surface area contributed by atoms with Gasteiger partial charge in [-0.05, 0) is 35.1 Å². The zero-order chi connectivity index (χ0) is 15.0.